The Balaban J connectivity index is 1.97. The third kappa shape index (κ3) is 5.10. The van der Waals surface area contributed by atoms with Crippen molar-refractivity contribution < 1.29 is 0 Å². The van der Waals surface area contributed by atoms with Gasteiger partial charge in [-0.3, -0.25) is 0 Å². The standard InChI is InChI=1S/C16H21BrN4S/c1-4-18-16(19-9-13-5-7-14(17)8-6-13)20-10-15-11(2)21-12(3)22-15/h5-8H,4,9-10H2,1-3H3,(H2,18,19,20). The second-order valence-corrected chi connectivity index (χ2v) is 7.12. The summed E-state index contributed by atoms with van der Waals surface area (Å²) in [6.07, 6.45) is 0. The number of rotatable bonds is 5. The molecule has 0 spiro atoms. The number of benzene rings is 1. The zero-order valence-corrected chi connectivity index (χ0v) is 15.5. The zero-order chi connectivity index (χ0) is 15.9. The summed E-state index contributed by atoms with van der Waals surface area (Å²) in [5.74, 6) is 0.830. The maximum absolute atomic E-state index is 4.63. The van der Waals surface area contributed by atoms with Crippen molar-refractivity contribution in [1.82, 2.24) is 15.6 Å². The number of thiazole rings is 1. The first kappa shape index (κ1) is 17.0. The van der Waals surface area contributed by atoms with Gasteiger partial charge in [0.2, 0.25) is 0 Å². The Hall–Kier alpha value is -1.40. The number of hydrogen-bond acceptors (Lipinski definition) is 3. The van der Waals surface area contributed by atoms with Crippen LogP contribution >= 0.6 is 27.3 Å². The molecule has 0 aliphatic rings. The highest BCUT2D eigenvalue weighted by Gasteiger charge is 2.05. The van der Waals surface area contributed by atoms with Crippen LogP contribution in [0.5, 0.6) is 0 Å². The lowest BCUT2D eigenvalue weighted by Gasteiger charge is -2.10. The Bertz CT molecular complexity index is 634. The van der Waals surface area contributed by atoms with Gasteiger partial charge in [0.1, 0.15) is 0 Å². The molecule has 1 aromatic heterocycles. The molecular weight excluding hydrogens is 360 g/mol. The van der Waals surface area contributed by atoms with Gasteiger partial charge in [-0.15, -0.1) is 11.3 Å². The van der Waals surface area contributed by atoms with Crippen molar-refractivity contribution in [3.63, 3.8) is 0 Å². The topological polar surface area (TPSA) is 49.3 Å². The molecule has 0 atom stereocenters. The highest BCUT2D eigenvalue weighted by Crippen LogP contribution is 2.16. The number of nitrogens with zero attached hydrogens (tertiary/aromatic N) is 2. The zero-order valence-electron chi connectivity index (χ0n) is 13.1. The predicted molar refractivity (Wildman–Crippen MR) is 97.4 cm³/mol. The van der Waals surface area contributed by atoms with E-state index in [9.17, 15) is 0 Å². The first-order valence-corrected chi connectivity index (χ1v) is 8.89. The molecule has 0 saturated heterocycles. The molecule has 0 unspecified atom stereocenters. The Morgan fingerprint density at radius 3 is 2.55 bits per heavy atom. The summed E-state index contributed by atoms with van der Waals surface area (Å²) in [5, 5.41) is 7.75. The Morgan fingerprint density at radius 1 is 1.23 bits per heavy atom. The van der Waals surface area contributed by atoms with E-state index in [4.69, 9.17) is 0 Å². The first-order chi connectivity index (χ1) is 10.6. The van der Waals surface area contributed by atoms with Crippen LogP contribution in [0.2, 0.25) is 0 Å². The van der Waals surface area contributed by atoms with Crippen molar-refractivity contribution in [2.75, 3.05) is 6.54 Å². The molecule has 2 aromatic rings. The molecule has 0 amide bonds. The quantitative estimate of drug-likeness (QED) is 0.612. The lowest BCUT2D eigenvalue weighted by Crippen LogP contribution is -2.36. The van der Waals surface area contributed by atoms with Gasteiger partial charge in [0.25, 0.3) is 0 Å². The minimum atomic E-state index is 0.656. The van der Waals surface area contributed by atoms with E-state index in [-0.39, 0.29) is 0 Å². The second kappa shape index (κ2) is 8.29. The van der Waals surface area contributed by atoms with E-state index in [0.717, 1.165) is 34.2 Å². The van der Waals surface area contributed by atoms with Gasteiger partial charge in [-0.05, 0) is 38.5 Å². The van der Waals surface area contributed by atoms with Gasteiger partial charge >= 0.3 is 0 Å². The average molecular weight is 381 g/mol. The van der Waals surface area contributed by atoms with Gasteiger partial charge in [-0.2, -0.15) is 0 Å². The van der Waals surface area contributed by atoms with E-state index in [1.165, 1.54) is 10.4 Å². The maximum Gasteiger partial charge on any atom is 0.191 e. The number of nitrogens with one attached hydrogen (secondary N) is 2. The summed E-state index contributed by atoms with van der Waals surface area (Å²) in [6, 6.07) is 8.23. The number of aromatic nitrogens is 1. The smallest absolute Gasteiger partial charge is 0.191 e. The van der Waals surface area contributed by atoms with E-state index in [2.05, 4.69) is 55.6 Å². The SMILES string of the molecule is CCNC(=NCc1ccc(Br)cc1)NCc1sc(C)nc1C. The monoisotopic (exact) mass is 380 g/mol. The van der Waals surface area contributed by atoms with Gasteiger partial charge in [0.15, 0.2) is 5.96 Å². The molecule has 2 N–H and O–H groups in total. The van der Waals surface area contributed by atoms with E-state index in [1.807, 2.05) is 26.0 Å². The third-order valence-corrected chi connectivity index (χ3v) is 4.69. The van der Waals surface area contributed by atoms with Gasteiger partial charge in [0.05, 0.1) is 23.8 Å². The minimum absolute atomic E-state index is 0.656. The minimum Gasteiger partial charge on any atom is -0.357 e. The van der Waals surface area contributed by atoms with Crippen molar-refractivity contribution in [3.05, 3.63) is 49.9 Å². The number of hydrogen-bond donors (Lipinski definition) is 2. The highest BCUT2D eigenvalue weighted by molar-refractivity contribution is 9.10. The Morgan fingerprint density at radius 2 is 1.95 bits per heavy atom. The lowest BCUT2D eigenvalue weighted by molar-refractivity contribution is 0.819. The molecular formula is C16H21BrN4S. The van der Waals surface area contributed by atoms with E-state index < -0.39 is 0 Å². The fourth-order valence-electron chi connectivity index (χ4n) is 2.00. The molecule has 2 rings (SSSR count). The van der Waals surface area contributed by atoms with E-state index in [1.54, 1.807) is 11.3 Å². The molecule has 4 nitrogen and oxygen atoms in total. The number of guanidine groups is 1. The van der Waals surface area contributed by atoms with Crippen molar-refractivity contribution in [2.45, 2.75) is 33.9 Å². The summed E-state index contributed by atoms with van der Waals surface area (Å²) in [7, 11) is 0. The lowest BCUT2D eigenvalue weighted by atomic mass is 10.2. The summed E-state index contributed by atoms with van der Waals surface area (Å²) in [6.45, 7) is 8.40. The molecule has 0 fully saturated rings. The number of aryl methyl sites for hydroxylation is 2. The van der Waals surface area contributed by atoms with Gasteiger partial charge in [-0.25, -0.2) is 9.98 Å². The van der Waals surface area contributed by atoms with Gasteiger partial charge in [0, 0.05) is 15.9 Å². The molecule has 22 heavy (non-hydrogen) atoms. The van der Waals surface area contributed by atoms with E-state index in [0.29, 0.717) is 6.54 Å². The summed E-state index contributed by atoms with van der Waals surface area (Å²) in [5.41, 5.74) is 2.28. The van der Waals surface area contributed by atoms with Crippen LogP contribution in [0.15, 0.2) is 33.7 Å². The summed E-state index contributed by atoms with van der Waals surface area (Å²) < 4.78 is 1.08. The predicted octanol–water partition coefficient (Wildman–Crippen LogP) is 3.78. The van der Waals surface area contributed by atoms with Crippen molar-refractivity contribution in [1.29, 1.82) is 0 Å². The fourth-order valence-corrected chi connectivity index (χ4v) is 3.14. The van der Waals surface area contributed by atoms with Crippen molar-refractivity contribution >= 4 is 33.2 Å². The molecule has 1 aromatic carbocycles. The van der Waals surface area contributed by atoms with Gasteiger partial charge < -0.3 is 10.6 Å². The van der Waals surface area contributed by atoms with Crippen LogP contribution < -0.4 is 10.6 Å². The molecule has 0 saturated carbocycles. The fraction of sp³-hybridized carbons (Fsp3) is 0.375. The van der Waals surface area contributed by atoms with Crippen LogP contribution in [0.4, 0.5) is 0 Å². The maximum atomic E-state index is 4.63. The molecule has 0 radical (unpaired) electrons. The third-order valence-electron chi connectivity index (χ3n) is 3.09. The van der Waals surface area contributed by atoms with Crippen LogP contribution in [0.3, 0.4) is 0 Å². The van der Waals surface area contributed by atoms with Gasteiger partial charge in [-0.1, -0.05) is 28.1 Å². The Labute approximate surface area is 144 Å². The normalized spacial score (nSPS) is 11.5. The molecule has 0 bridgehead atoms. The van der Waals surface area contributed by atoms with Crippen LogP contribution in [0.1, 0.15) is 28.1 Å². The second-order valence-electron chi connectivity index (χ2n) is 4.92. The van der Waals surface area contributed by atoms with Crippen molar-refractivity contribution in [2.24, 2.45) is 4.99 Å². The first-order valence-electron chi connectivity index (χ1n) is 7.28. The van der Waals surface area contributed by atoms with Crippen LogP contribution in [0, 0.1) is 13.8 Å². The van der Waals surface area contributed by atoms with E-state index >= 15 is 0 Å². The number of aliphatic imine (C=N–C) groups is 1. The molecule has 1 heterocycles. The number of halogens is 1. The summed E-state index contributed by atoms with van der Waals surface area (Å²) in [4.78, 5) is 10.3. The largest absolute Gasteiger partial charge is 0.357 e. The Kier molecular flexibility index (Phi) is 6.39. The molecule has 6 heteroatoms. The van der Waals surface area contributed by atoms with Crippen LogP contribution in [-0.4, -0.2) is 17.5 Å². The summed E-state index contributed by atoms with van der Waals surface area (Å²) >= 11 is 5.17. The molecule has 118 valence electrons. The van der Waals surface area contributed by atoms with Crippen molar-refractivity contribution in [3.8, 4) is 0 Å². The molecule has 0 aliphatic heterocycles. The highest BCUT2D eigenvalue weighted by atomic mass is 79.9. The molecule has 0 aliphatic carbocycles. The van der Waals surface area contributed by atoms with Crippen LogP contribution in [-0.2, 0) is 13.1 Å². The van der Waals surface area contributed by atoms with Crippen LogP contribution in [0.25, 0.3) is 0 Å². The average Bonchev–Trinajstić information content (AvgIpc) is 2.81.